The number of carbonyl (C=O) groups is 1. The highest BCUT2D eigenvalue weighted by Gasteiger charge is 2.21. The van der Waals surface area contributed by atoms with Gasteiger partial charge in [-0.3, -0.25) is 9.52 Å². The van der Waals surface area contributed by atoms with E-state index >= 15 is 0 Å². The summed E-state index contributed by atoms with van der Waals surface area (Å²) in [4.78, 5) is 12.8. The van der Waals surface area contributed by atoms with Crippen LogP contribution in [0.4, 0.5) is 5.69 Å². The average molecular weight is 403 g/mol. The third-order valence-electron chi connectivity index (χ3n) is 4.72. The number of benzene rings is 2. The molecule has 0 heterocycles. The van der Waals surface area contributed by atoms with Crippen molar-refractivity contribution in [2.75, 3.05) is 4.72 Å². The van der Waals surface area contributed by atoms with Gasteiger partial charge in [-0.25, -0.2) is 8.42 Å². The maximum absolute atomic E-state index is 13.0. The van der Waals surface area contributed by atoms with Crippen molar-refractivity contribution in [2.24, 2.45) is 0 Å². The molecule has 0 bridgehead atoms. The Morgan fingerprint density at radius 2 is 1.61 bits per heavy atom. The van der Waals surface area contributed by atoms with Crippen molar-refractivity contribution in [3.05, 3.63) is 58.1 Å². The van der Waals surface area contributed by atoms with Crippen molar-refractivity contribution in [3.63, 3.8) is 0 Å². The molecular weight excluding hydrogens is 372 g/mol. The van der Waals surface area contributed by atoms with Gasteiger partial charge in [-0.1, -0.05) is 37.1 Å². The Bertz CT molecular complexity index is 958. The lowest BCUT2D eigenvalue weighted by Crippen LogP contribution is -2.32. The normalized spacial score (nSPS) is 12.5. The van der Waals surface area contributed by atoms with Gasteiger partial charge in [0, 0.05) is 11.6 Å². The summed E-state index contributed by atoms with van der Waals surface area (Å²) in [6.07, 6.45) is 1.87. The van der Waals surface area contributed by atoms with Crippen LogP contribution in [-0.2, 0) is 10.0 Å². The van der Waals surface area contributed by atoms with Crippen LogP contribution in [0, 0.1) is 27.7 Å². The Morgan fingerprint density at radius 3 is 2.18 bits per heavy atom. The number of carbonyl (C=O) groups excluding carboxylic acids is 1. The van der Waals surface area contributed by atoms with Crippen LogP contribution < -0.4 is 10.0 Å². The molecule has 0 radical (unpaired) electrons. The Labute approximate surface area is 168 Å². The minimum atomic E-state index is -3.77. The molecule has 0 aliphatic heterocycles. The highest BCUT2D eigenvalue weighted by molar-refractivity contribution is 7.92. The van der Waals surface area contributed by atoms with Gasteiger partial charge in [0.15, 0.2) is 0 Å². The molecule has 1 amide bonds. The fourth-order valence-corrected chi connectivity index (χ4v) is 5.05. The topological polar surface area (TPSA) is 75.3 Å². The van der Waals surface area contributed by atoms with Crippen molar-refractivity contribution in [3.8, 4) is 0 Å². The van der Waals surface area contributed by atoms with Crippen LogP contribution in [0.5, 0.6) is 0 Å². The van der Waals surface area contributed by atoms with Gasteiger partial charge in [-0.2, -0.15) is 0 Å². The largest absolute Gasteiger partial charge is 0.350 e. The smallest absolute Gasteiger partial charge is 0.262 e. The number of sulfonamides is 1. The molecule has 0 saturated heterocycles. The lowest BCUT2D eigenvalue weighted by molar-refractivity contribution is 0.0938. The van der Waals surface area contributed by atoms with Crippen molar-refractivity contribution in [1.29, 1.82) is 0 Å². The van der Waals surface area contributed by atoms with Crippen LogP contribution >= 0.6 is 0 Å². The molecule has 0 saturated carbocycles. The van der Waals surface area contributed by atoms with Gasteiger partial charge in [0.25, 0.3) is 15.9 Å². The van der Waals surface area contributed by atoms with Crippen LogP contribution in [0.1, 0.15) is 59.3 Å². The molecule has 152 valence electrons. The Balaban J connectivity index is 2.35. The Kier molecular flexibility index (Phi) is 6.88. The summed E-state index contributed by atoms with van der Waals surface area (Å²) in [6.45, 7) is 11.4. The molecule has 5 nitrogen and oxygen atoms in total. The van der Waals surface area contributed by atoms with E-state index in [1.165, 1.54) is 0 Å². The highest BCUT2D eigenvalue weighted by atomic mass is 32.2. The lowest BCUT2D eigenvalue weighted by Gasteiger charge is -2.17. The first-order valence-electron chi connectivity index (χ1n) is 9.57. The lowest BCUT2D eigenvalue weighted by atomic mass is 10.1. The van der Waals surface area contributed by atoms with Crippen molar-refractivity contribution in [1.82, 2.24) is 5.32 Å². The van der Waals surface area contributed by atoms with E-state index in [0.717, 1.165) is 24.0 Å². The molecule has 28 heavy (non-hydrogen) atoms. The molecule has 6 heteroatoms. The molecule has 0 aromatic heterocycles. The van der Waals surface area contributed by atoms with E-state index in [2.05, 4.69) is 17.0 Å². The van der Waals surface area contributed by atoms with Crippen LogP contribution in [0.2, 0.25) is 0 Å². The van der Waals surface area contributed by atoms with Gasteiger partial charge in [0.1, 0.15) is 0 Å². The zero-order chi connectivity index (χ0) is 21.1. The maximum Gasteiger partial charge on any atom is 0.262 e. The van der Waals surface area contributed by atoms with Crippen LogP contribution in [0.25, 0.3) is 0 Å². The van der Waals surface area contributed by atoms with Crippen molar-refractivity contribution in [2.45, 2.75) is 65.3 Å². The predicted octanol–water partition coefficient (Wildman–Crippen LogP) is 4.64. The number of anilines is 1. The van der Waals surface area contributed by atoms with Crippen LogP contribution in [0.3, 0.4) is 0 Å². The summed E-state index contributed by atoms with van der Waals surface area (Å²) in [5, 5.41) is 2.95. The van der Waals surface area contributed by atoms with E-state index in [-0.39, 0.29) is 16.8 Å². The second kappa shape index (κ2) is 8.78. The minimum Gasteiger partial charge on any atom is -0.350 e. The summed E-state index contributed by atoms with van der Waals surface area (Å²) in [5.41, 5.74) is 4.02. The first-order chi connectivity index (χ1) is 13.0. The monoisotopic (exact) mass is 402 g/mol. The molecule has 0 fully saturated rings. The Morgan fingerprint density at radius 1 is 1.00 bits per heavy atom. The van der Waals surface area contributed by atoms with Gasteiger partial charge < -0.3 is 5.32 Å². The molecule has 2 aromatic carbocycles. The van der Waals surface area contributed by atoms with Gasteiger partial charge in [0.05, 0.1) is 10.6 Å². The SMILES string of the molecule is CCCC(C)NC(=O)c1ccc(C)c(NS(=O)(=O)c2c(C)cc(C)cc2C)c1. The van der Waals surface area contributed by atoms with Gasteiger partial charge >= 0.3 is 0 Å². The van der Waals surface area contributed by atoms with E-state index in [1.807, 2.05) is 32.9 Å². The number of hydrogen-bond acceptors (Lipinski definition) is 3. The fourth-order valence-electron chi connectivity index (χ4n) is 3.47. The Hall–Kier alpha value is -2.34. The number of amides is 1. The number of nitrogens with one attached hydrogen (secondary N) is 2. The summed E-state index contributed by atoms with van der Waals surface area (Å²) in [5.74, 6) is -0.205. The van der Waals surface area contributed by atoms with E-state index in [0.29, 0.717) is 22.4 Å². The molecule has 0 aliphatic carbocycles. The average Bonchev–Trinajstić information content (AvgIpc) is 2.55. The predicted molar refractivity (Wildman–Crippen MR) is 114 cm³/mol. The summed E-state index contributed by atoms with van der Waals surface area (Å²) in [6, 6.07) is 8.84. The maximum atomic E-state index is 13.0. The van der Waals surface area contributed by atoms with Crippen molar-refractivity contribution < 1.29 is 13.2 Å². The number of hydrogen-bond donors (Lipinski definition) is 2. The standard InChI is InChI=1S/C22H30N2O3S/c1-7-8-18(6)23-22(25)19-10-9-15(3)20(13-19)24-28(26,27)21-16(4)11-14(2)12-17(21)5/h9-13,18,24H,7-8H2,1-6H3,(H,23,25). The third kappa shape index (κ3) is 5.13. The second-order valence-electron chi connectivity index (χ2n) is 7.53. The molecule has 1 unspecified atom stereocenters. The van der Waals surface area contributed by atoms with Gasteiger partial charge in [0.2, 0.25) is 0 Å². The number of aryl methyl sites for hydroxylation is 4. The molecule has 2 N–H and O–H groups in total. The van der Waals surface area contributed by atoms with Gasteiger partial charge in [-0.05, 0) is 69.9 Å². The molecule has 2 aromatic rings. The number of rotatable bonds is 7. The van der Waals surface area contributed by atoms with E-state index in [4.69, 9.17) is 0 Å². The molecule has 2 rings (SSSR count). The third-order valence-corrected chi connectivity index (χ3v) is 6.39. The minimum absolute atomic E-state index is 0.0665. The van der Waals surface area contributed by atoms with Crippen LogP contribution in [0.15, 0.2) is 35.2 Å². The fraction of sp³-hybridized carbons (Fsp3) is 0.409. The summed E-state index contributed by atoms with van der Waals surface area (Å²) < 4.78 is 28.7. The molecule has 0 aliphatic rings. The van der Waals surface area contributed by atoms with Crippen LogP contribution in [-0.4, -0.2) is 20.4 Å². The molecular formula is C22H30N2O3S. The van der Waals surface area contributed by atoms with Gasteiger partial charge in [-0.15, -0.1) is 0 Å². The zero-order valence-electron chi connectivity index (χ0n) is 17.5. The zero-order valence-corrected chi connectivity index (χ0v) is 18.3. The summed E-state index contributed by atoms with van der Waals surface area (Å²) >= 11 is 0. The van der Waals surface area contributed by atoms with Crippen molar-refractivity contribution >= 4 is 21.6 Å². The molecule has 1 atom stereocenters. The van der Waals surface area contributed by atoms with E-state index in [9.17, 15) is 13.2 Å². The second-order valence-corrected chi connectivity index (χ2v) is 9.15. The van der Waals surface area contributed by atoms with E-state index in [1.54, 1.807) is 32.0 Å². The first-order valence-corrected chi connectivity index (χ1v) is 11.1. The molecule has 0 spiro atoms. The first kappa shape index (κ1) is 22.0. The highest BCUT2D eigenvalue weighted by Crippen LogP contribution is 2.26. The quantitative estimate of drug-likeness (QED) is 0.708. The van der Waals surface area contributed by atoms with E-state index < -0.39 is 10.0 Å². The summed E-state index contributed by atoms with van der Waals surface area (Å²) in [7, 11) is -3.77.